The van der Waals surface area contributed by atoms with Crippen LogP contribution in [0.15, 0.2) is 42.6 Å². The van der Waals surface area contributed by atoms with Gasteiger partial charge in [-0.2, -0.15) is 0 Å². The number of fused-ring (bicyclic) bond motifs is 3. The van der Waals surface area contributed by atoms with E-state index in [1.807, 2.05) is 6.20 Å². The van der Waals surface area contributed by atoms with Gasteiger partial charge in [0.05, 0.1) is 5.69 Å². The van der Waals surface area contributed by atoms with Crippen molar-refractivity contribution in [3.8, 4) is 11.3 Å². The van der Waals surface area contributed by atoms with Gasteiger partial charge in [-0.3, -0.25) is 4.90 Å². The Labute approximate surface area is 147 Å². The van der Waals surface area contributed by atoms with E-state index in [0.717, 1.165) is 35.7 Å². The Balaban J connectivity index is 1.39. The maximum atomic E-state index is 4.55. The Morgan fingerprint density at radius 3 is 2.60 bits per heavy atom. The molecule has 0 spiro atoms. The van der Waals surface area contributed by atoms with Crippen molar-refractivity contribution in [3.63, 3.8) is 0 Å². The molecule has 2 aliphatic rings. The number of nitrogens with one attached hydrogen (secondary N) is 1. The summed E-state index contributed by atoms with van der Waals surface area (Å²) in [6.07, 6.45) is 5.92. The number of rotatable bonds is 2. The van der Waals surface area contributed by atoms with Gasteiger partial charge in [0.2, 0.25) is 0 Å². The number of likely N-dealkylation sites (N-methyl/N-ethyl adjacent to an activating group) is 1. The summed E-state index contributed by atoms with van der Waals surface area (Å²) < 4.78 is 0. The van der Waals surface area contributed by atoms with Crippen LogP contribution < -0.4 is 4.90 Å². The molecule has 2 atom stereocenters. The van der Waals surface area contributed by atoms with Gasteiger partial charge in [-0.25, -0.2) is 0 Å². The first kappa shape index (κ1) is 14.9. The molecule has 5 nitrogen and oxygen atoms in total. The van der Waals surface area contributed by atoms with Crippen molar-refractivity contribution < 1.29 is 0 Å². The van der Waals surface area contributed by atoms with E-state index in [0.29, 0.717) is 12.1 Å². The smallest absolute Gasteiger partial charge is 0.151 e. The highest BCUT2D eigenvalue weighted by Gasteiger charge is 2.35. The van der Waals surface area contributed by atoms with E-state index in [1.165, 1.54) is 24.6 Å². The fourth-order valence-electron chi connectivity index (χ4n) is 4.37. The minimum Gasteiger partial charge on any atom is -0.361 e. The first-order valence-electron chi connectivity index (χ1n) is 9.16. The average molecular weight is 332 g/mol. The second-order valence-corrected chi connectivity index (χ2v) is 7.37. The monoisotopic (exact) mass is 332 g/mol. The molecule has 1 aromatic carbocycles. The molecule has 2 unspecified atom stereocenters. The molecule has 2 saturated heterocycles. The lowest BCUT2D eigenvalue weighted by atomic mass is 9.89. The maximum absolute atomic E-state index is 4.55. The predicted octanol–water partition coefficient (Wildman–Crippen LogP) is 3.30. The van der Waals surface area contributed by atoms with Gasteiger partial charge in [0.25, 0.3) is 0 Å². The molecule has 3 aromatic rings. The van der Waals surface area contributed by atoms with Crippen molar-refractivity contribution in [3.05, 3.63) is 42.6 Å². The van der Waals surface area contributed by atoms with Crippen LogP contribution >= 0.6 is 0 Å². The Bertz CT molecular complexity index is 870. The highest BCUT2D eigenvalue weighted by molar-refractivity contribution is 5.84. The van der Waals surface area contributed by atoms with E-state index in [4.69, 9.17) is 0 Å². The molecule has 2 bridgehead atoms. The number of H-pyrrole nitrogens is 1. The second-order valence-electron chi connectivity index (χ2n) is 7.37. The summed E-state index contributed by atoms with van der Waals surface area (Å²) in [5.41, 5.74) is 3.19. The van der Waals surface area contributed by atoms with Crippen molar-refractivity contribution in [1.29, 1.82) is 0 Å². The molecular weight excluding hydrogens is 309 g/mol. The molecule has 25 heavy (non-hydrogen) atoms. The normalized spacial score (nSPS) is 24.0. The highest BCUT2D eigenvalue weighted by atomic mass is 15.3. The first-order valence-corrected chi connectivity index (χ1v) is 9.16. The van der Waals surface area contributed by atoms with E-state index in [1.54, 1.807) is 0 Å². The van der Waals surface area contributed by atoms with Crippen molar-refractivity contribution >= 4 is 16.7 Å². The van der Waals surface area contributed by atoms with E-state index < -0.39 is 0 Å². The maximum Gasteiger partial charge on any atom is 0.151 e. The Morgan fingerprint density at radius 2 is 1.84 bits per heavy atom. The summed E-state index contributed by atoms with van der Waals surface area (Å²) in [5, 5.41) is 10.3. The van der Waals surface area contributed by atoms with Crippen LogP contribution in [-0.4, -0.2) is 52.3 Å². The predicted molar refractivity (Wildman–Crippen MR) is 101 cm³/mol. The van der Waals surface area contributed by atoms with Crippen molar-refractivity contribution in [2.24, 2.45) is 0 Å². The van der Waals surface area contributed by atoms with E-state index >= 15 is 0 Å². The molecule has 0 amide bonds. The third kappa shape index (κ3) is 2.59. The Hall–Kier alpha value is -2.40. The van der Waals surface area contributed by atoms with Gasteiger partial charge in [0.15, 0.2) is 5.82 Å². The summed E-state index contributed by atoms with van der Waals surface area (Å²) in [6.45, 7) is 2.13. The minimum atomic E-state index is 0.657. The van der Waals surface area contributed by atoms with Crippen molar-refractivity contribution in [1.82, 2.24) is 20.1 Å². The summed E-state index contributed by atoms with van der Waals surface area (Å²) in [7, 11) is 2.28. The van der Waals surface area contributed by atoms with Crippen molar-refractivity contribution in [2.45, 2.75) is 31.3 Å². The topological polar surface area (TPSA) is 48.0 Å². The van der Waals surface area contributed by atoms with Crippen LogP contribution in [0, 0.1) is 0 Å². The summed E-state index contributed by atoms with van der Waals surface area (Å²) in [4.78, 5) is 8.21. The van der Waals surface area contributed by atoms with Gasteiger partial charge in [-0.15, -0.1) is 10.2 Å². The number of benzene rings is 1. The second kappa shape index (κ2) is 5.85. The van der Waals surface area contributed by atoms with Crippen LogP contribution in [0.2, 0.25) is 0 Å². The molecule has 5 heteroatoms. The van der Waals surface area contributed by atoms with Crippen LogP contribution in [-0.2, 0) is 0 Å². The molecule has 0 aliphatic carbocycles. The van der Waals surface area contributed by atoms with Crippen molar-refractivity contribution in [2.75, 3.05) is 25.0 Å². The van der Waals surface area contributed by atoms with Gasteiger partial charge in [-0.05, 0) is 50.2 Å². The van der Waals surface area contributed by atoms with Gasteiger partial charge < -0.3 is 9.88 Å². The summed E-state index contributed by atoms with van der Waals surface area (Å²) in [6, 6.07) is 14.0. The van der Waals surface area contributed by atoms with Gasteiger partial charge in [0, 0.05) is 47.8 Å². The SMILES string of the molecule is [11CH3]N1C2CCCC1CN(c1ccc(-c3ccc4[nH]ccc4c3)nn1)C2. The summed E-state index contributed by atoms with van der Waals surface area (Å²) in [5.74, 6) is 1.01. The van der Waals surface area contributed by atoms with Crippen LogP contribution in [0.5, 0.6) is 0 Å². The number of piperidine rings is 1. The Kier molecular flexibility index (Phi) is 3.48. The van der Waals surface area contributed by atoms with E-state index in [-0.39, 0.29) is 0 Å². The molecule has 5 rings (SSSR count). The van der Waals surface area contributed by atoms with E-state index in [9.17, 15) is 0 Å². The number of hydrogen-bond donors (Lipinski definition) is 1. The molecule has 2 fully saturated rings. The Morgan fingerprint density at radius 1 is 1.00 bits per heavy atom. The largest absolute Gasteiger partial charge is 0.361 e. The average Bonchev–Trinajstić information content (AvgIpc) is 3.09. The highest BCUT2D eigenvalue weighted by Crippen LogP contribution is 2.30. The zero-order chi connectivity index (χ0) is 16.8. The number of anilines is 1. The lowest BCUT2D eigenvalue weighted by molar-refractivity contribution is 0.0946. The minimum absolute atomic E-state index is 0.657. The van der Waals surface area contributed by atoms with Crippen LogP contribution in [0.25, 0.3) is 22.2 Å². The molecule has 4 heterocycles. The lowest BCUT2D eigenvalue weighted by Crippen LogP contribution is -2.59. The number of aromatic amines is 1. The molecule has 1 N–H and O–H groups in total. The zero-order valence-corrected chi connectivity index (χ0v) is 14.5. The fraction of sp³-hybridized carbons (Fsp3) is 0.400. The number of nitrogens with zero attached hydrogens (tertiary/aromatic N) is 4. The molecule has 0 radical (unpaired) electrons. The molecule has 128 valence electrons. The third-order valence-electron chi connectivity index (χ3n) is 5.91. The zero-order valence-electron chi connectivity index (χ0n) is 14.5. The lowest BCUT2D eigenvalue weighted by Gasteiger charge is -2.48. The standard InChI is InChI=1S/C20H23N5/c1-24-16-3-2-4-17(24)13-25(12-16)20-8-7-19(22-23-20)14-5-6-18-15(11-14)9-10-21-18/h5-11,16-17,21H,2-4,12-13H2,1H3/i1-1. The summed E-state index contributed by atoms with van der Waals surface area (Å²) >= 11 is 0. The number of aromatic nitrogens is 3. The molecule has 2 aromatic heterocycles. The van der Waals surface area contributed by atoms with Crippen LogP contribution in [0.1, 0.15) is 19.3 Å². The van der Waals surface area contributed by atoms with Gasteiger partial charge >= 0.3 is 0 Å². The molecular formula is C20H23N5. The van der Waals surface area contributed by atoms with Crippen LogP contribution in [0.3, 0.4) is 0 Å². The van der Waals surface area contributed by atoms with Crippen LogP contribution in [0.4, 0.5) is 5.82 Å². The molecule has 2 aliphatic heterocycles. The van der Waals surface area contributed by atoms with Gasteiger partial charge in [-0.1, -0.05) is 12.5 Å². The van der Waals surface area contributed by atoms with E-state index in [2.05, 4.69) is 68.4 Å². The number of hydrogen-bond acceptors (Lipinski definition) is 4. The first-order chi connectivity index (χ1) is 12.3. The van der Waals surface area contributed by atoms with Gasteiger partial charge in [0.1, 0.15) is 0 Å². The third-order valence-corrected chi connectivity index (χ3v) is 5.91. The fourth-order valence-corrected chi connectivity index (χ4v) is 4.37. The number of piperazine rings is 1. The molecule has 0 saturated carbocycles. The quantitative estimate of drug-likeness (QED) is 0.782.